The highest BCUT2D eigenvalue weighted by Crippen LogP contribution is 2.22. The molecule has 1 nitrogen and oxygen atoms in total. The molecule has 0 spiro atoms. The number of nitrogens with zero attached hydrogens (tertiary/aromatic N) is 1. The van der Waals surface area contributed by atoms with Crippen molar-refractivity contribution in [2.24, 2.45) is 5.92 Å². The summed E-state index contributed by atoms with van der Waals surface area (Å²) >= 11 is 3.51. The van der Waals surface area contributed by atoms with Crippen molar-refractivity contribution < 1.29 is 0 Å². The molecule has 0 radical (unpaired) electrons. The van der Waals surface area contributed by atoms with Crippen LogP contribution >= 0.6 is 15.9 Å². The number of rotatable bonds is 4. The Labute approximate surface area is 106 Å². The Kier molecular flexibility index (Phi) is 3.70. The van der Waals surface area contributed by atoms with Crippen molar-refractivity contribution in [1.29, 1.82) is 0 Å². The van der Waals surface area contributed by atoms with Crippen LogP contribution in [0.2, 0.25) is 0 Å². The van der Waals surface area contributed by atoms with Gasteiger partial charge in [0.15, 0.2) is 0 Å². The Morgan fingerprint density at radius 2 is 1.94 bits per heavy atom. The molecular formula is C14H18BrN. The SMILES string of the molecule is CCC(CC)Cn1ccc2cc(Br)ccc21. The summed E-state index contributed by atoms with van der Waals surface area (Å²) in [7, 11) is 0. The van der Waals surface area contributed by atoms with Crippen LogP contribution in [-0.2, 0) is 6.54 Å². The summed E-state index contributed by atoms with van der Waals surface area (Å²) in [4.78, 5) is 0. The number of benzene rings is 1. The molecule has 2 heteroatoms. The fourth-order valence-electron chi connectivity index (χ4n) is 2.16. The first-order chi connectivity index (χ1) is 7.74. The van der Waals surface area contributed by atoms with E-state index >= 15 is 0 Å². The first kappa shape index (κ1) is 11.7. The molecule has 0 saturated heterocycles. The molecule has 0 aliphatic carbocycles. The summed E-state index contributed by atoms with van der Waals surface area (Å²) < 4.78 is 3.53. The highest BCUT2D eigenvalue weighted by Gasteiger charge is 2.07. The molecule has 1 heterocycles. The van der Waals surface area contributed by atoms with E-state index in [1.54, 1.807) is 0 Å². The second-order valence-electron chi connectivity index (χ2n) is 4.35. The minimum atomic E-state index is 0.791. The Bertz CT molecular complexity index is 469. The van der Waals surface area contributed by atoms with Gasteiger partial charge in [0.1, 0.15) is 0 Å². The minimum Gasteiger partial charge on any atom is -0.347 e. The van der Waals surface area contributed by atoms with Crippen molar-refractivity contribution in [3.8, 4) is 0 Å². The summed E-state index contributed by atoms with van der Waals surface area (Å²) in [5, 5.41) is 1.32. The van der Waals surface area contributed by atoms with E-state index in [1.165, 1.54) is 23.7 Å². The molecule has 1 aromatic carbocycles. The van der Waals surface area contributed by atoms with Crippen molar-refractivity contribution in [2.45, 2.75) is 33.2 Å². The lowest BCUT2D eigenvalue weighted by molar-refractivity contribution is 0.425. The lowest BCUT2D eigenvalue weighted by atomic mass is 10.0. The van der Waals surface area contributed by atoms with Crippen molar-refractivity contribution >= 4 is 26.8 Å². The van der Waals surface area contributed by atoms with Gasteiger partial charge in [0.05, 0.1) is 0 Å². The molecule has 86 valence electrons. The van der Waals surface area contributed by atoms with Crippen LogP contribution in [0.1, 0.15) is 26.7 Å². The lowest BCUT2D eigenvalue weighted by Gasteiger charge is -2.14. The van der Waals surface area contributed by atoms with Crippen molar-refractivity contribution in [1.82, 2.24) is 4.57 Å². The molecule has 1 aromatic heterocycles. The first-order valence-corrected chi connectivity index (χ1v) is 6.78. The third-order valence-corrected chi connectivity index (χ3v) is 3.84. The maximum Gasteiger partial charge on any atom is 0.0481 e. The van der Waals surface area contributed by atoms with Crippen LogP contribution < -0.4 is 0 Å². The average Bonchev–Trinajstić information content (AvgIpc) is 2.68. The molecule has 0 amide bonds. The molecular weight excluding hydrogens is 262 g/mol. The highest BCUT2D eigenvalue weighted by molar-refractivity contribution is 9.10. The van der Waals surface area contributed by atoms with E-state index < -0.39 is 0 Å². The zero-order valence-corrected chi connectivity index (χ0v) is 11.5. The Morgan fingerprint density at radius 1 is 1.19 bits per heavy atom. The van der Waals surface area contributed by atoms with Gasteiger partial charge in [-0.1, -0.05) is 42.6 Å². The number of halogens is 1. The molecule has 0 aliphatic rings. The van der Waals surface area contributed by atoms with Gasteiger partial charge in [0.25, 0.3) is 0 Å². The van der Waals surface area contributed by atoms with Crippen molar-refractivity contribution in [3.63, 3.8) is 0 Å². The lowest BCUT2D eigenvalue weighted by Crippen LogP contribution is -2.07. The van der Waals surface area contributed by atoms with Crippen molar-refractivity contribution in [2.75, 3.05) is 0 Å². The molecule has 0 aliphatic heterocycles. The molecule has 2 rings (SSSR count). The summed E-state index contributed by atoms with van der Waals surface area (Å²) in [6.07, 6.45) is 4.72. The third kappa shape index (κ3) is 2.32. The van der Waals surface area contributed by atoms with E-state index in [9.17, 15) is 0 Å². The standard InChI is InChI=1S/C14H18BrN/c1-3-11(4-2)10-16-8-7-12-9-13(15)5-6-14(12)16/h5-9,11H,3-4,10H2,1-2H3. The highest BCUT2D eigenvalue weighted by atomic mass is 79.9. The predicted octanol–water partition coefficient (Wildman–Crippen LogP) is 4.84. The van der Waals surface area contributed by atoms with Crippen LogP contribution in [-0.4, -0.2) is 4.57 Å². The number of hydrogen-bond acceptors (Lipinski definition) is 0. The summed E-state index contributed by atoms with van der Waals surface area (Å²) in [5.74, 6) is 0.791. The smallest absolute Gasteiger partial charge is 0.0481 e. The molecule has 2 aromatic rings. The second kappa shape index (κ2) is 5.05. The second-order valence-corrected chi connectivity index (χ2v) is 5.27. The van der Waals surface area contributed by atoms with Gasteiger partial charge in [0.2, 0.25) is 0 Å². The van der Waals surface area contributed by atoms with Gasteiger partial charge >= 0.3 is 0 Å². The number of fused-ring (bicyclic) bond motifs is 1. The Hall–Kier alpha value is -0.760. The normalized spacial score (nSPS) is 11.5. The fraction of sp³-hybridized carbons (Fsp3) is 0.429. The van der Waals surface area contributed by atoms with Gasteiger partial charge in [0, 0.05) is 28.1 Å². The largest absolute Gasteiger partial charge is 0.347 e. The third-order valence-electron chi connectivity index (χ3n) is 3.34. The first-order valence-electron chi connectivity index (χ1n) is 5.99. The molecule has 0 fully saturated rings. The van der Waals surface area contributed by atoms with Crippen LogP contribution in [0.3, 0.4) is 0 Å². The molecule has 0 unspecified atom stereocenters. The monoisotopic (exact) mass is 279 g/mol. The molecule has 0 saturated carbocycles. The zero-order chi connectivity index (χ0) is 11.5. The van der Waals surface area contributed by atoms with E-state index in [0.717, 1.165) is 16.9 Å². The molecule has 0 atom stereocenters. The zero-order valence-electron chi connectivity index (χ0n) is 9.91. The van der Waals surface area contributed by atoms with Gasteiger partial charge in [-0.2, -0.15) is 0 Å². The summed E-state index contributed by atoms with van der Waals surface area (Å²) in [6.45, 7) is 5.69. The van der Waals surface area contributed by atoms with Gasteiger partial charge in [-0.15, -0.1) is 0 Å². The summed E-state index contributed by atoms with van der Waals surface area (Å²) in [5.41, 5.74) is 1.34. The number of hydrogen-bond donors (Lipinski definition) is 0. The van der Waals surface area contributed by atoms with Crippen LogP contribution in [0.25, 0.3) is 10.9 Å². The van der Waals surface area contributed by atoms with Crippen LogP contribution in [0.15, 0.2) is 34.9 Å². The van der Waals surface area contributed by atoms with Crippen LogP contribution in [0.4, 0.5) is 0 Å². The molecule has 16 heavy (non-hydrogen) atoms. The van der Waals surface area contributed by atoms with Gasteiger partial charge in [-0.3, -0.25) is 0 Å². The van der Waals surface area contributed by atoms with E-state index in [0.29, 0.717) is 0 Å². The van der Waals surface area contributed by atoms with Crippen LogP contribution in [0.5, 0.6) is 0 Å². The van der Waals surface area contributed by atoms with Crippen LogP contribution in [0, 0.1) is 5.92 Å². The van der Waals surface area contributed by atoms with E-state index in [1.807, 2.05) is 0 Å². The van der Waals surface area contributed by atoms with Crippen molar-refractivity contribution in [3.05, 3.63) is 34.9 Å². The molecule has 0 bridgehead atoms. The average molecular weight is 280 g/mol. The Morgan fingerprint density at radius 3 is 2.62 bits per heavy atom. The summed E-state index contributed by atoms with van der Waals surface area (Å²) in [6, 6.07) is 8.69. The fourth-order valence-corrected chi connectivity index (χ4v) is 2.53. The Balaban J connectivity index is 2.31. The quantitative estimate of drug-likeness (QED) is 0.755. The maximum absolute atomic E-state index is 3.51. The van der Waals surface area contributed by atoms with E-state index in [4.69, 9.17) is 0 Å². The van der Waals surface area contributed by atoms with Gasteiger partial charge in [-0.25, -0.2) is 0 Å². The number of aromatic nitrogens is 1. The van der Waals surface area contributed by atoms with Gasteiger partial charge < -0.3 is 4.57 Å². The van der Waals surface area contributed by atoms with Gasteiger partial charge in [-0.05, 0) is 30.2 Å². The predicted molar refractivity (Wildman–Crippen MR) is 73.7 cm³/mol. The maximum atomic E-state index is 3.51. The topological polar surface area (TPSA) is 4.93 Å². The minimum absolute atomic E-state index is 0.791. The van der Waals surface area contributed by atoms with E-state index in [2.05, 4.69) is 64.8 Å². The van der Waals surface area contributed by atoms with E-state index in [-0.39, 0.29) is 0 Å². The molecule has 0 N–H and O–H groups in total.